The van der Waals surface area contributed by atoms with E-state index in [1.807, 2.05) is 18.2 Å². The summed E-state index contributed by atoms with van der Waals surface area (Å²) >= 11 is 0. The topological polar surface area (TPSA) is 29.5 Å². The molecule has 0 aliphatic rings. The van der Waals surface area contributed by atoms with Crippen LogP contribution in [0.1, 0.15) is 0 Å². The van der Waals surface area contributed by atoms with Gasteiger partial charge >= 0.3 is 7.69 Å². The Morgan fingerprint density at radius 3 is 2.04 bits per heavy atom. The van der Waals surface area contributed by atoms with Crippen molar-refractivity contribution in [2.75, 3.05) is 0 Å². The van der Waals surface area contributed by atoms with Gasteiger partial charge in [-0.3, -0.25) is 0 Å². The molecule has 1 N–H and O–H groups in total. The largest absolute Gasteiger partial charge is 0.569 e. The summed E-state index contributed by atoms with van der Waals surface area (Å²) in [6.45, 7) is 0. The first kappa shape index (κ1) is 14.3. The molecule has 3 heteroatoms. The Bertz CT molecular complexity index is 1200. The average molecular weight is 321 g/mol. The third kappa shape index (κ3) is 2.10. The van der Waals surface area contributed by atoms with Gasteiger partial charge in [0.1, 0.15) is 5.75 Å². The van der Waals surface area contributed by atoms with Gasteiger partial charge in [-0.1, -0.05) is 72.8 Å². The SMILES string of the molecule is O[B]Oc1ccc2ccc3c(-c4ccccc4)ccc4ccc1c2c43. The van der Waals surface area contributed by atoms with Gasteiger partial charge in [0.15, 0.2) is 0 Å². The lowest BCUT2D eigenvalue weighted by Crippen LogP contribution is -2.00. The highest BCUT2D eigenvalue weighted by Gasteiger charge is 2.14. The van der Waals surface area contributed by atoms with Crippen molar-refractivity contribution in [2.45, 2.75) is 0 Å². The molecule has 1 radical (unpaired) electrons. The standard InChI is InChI=1S/C22H14BO2/c24-23-25-20-13-9-16-7-11-18-17(14-4-2-1-3-5-14)10-6-15-8-12-19(20)22(16)21(15)18/h1-13,24H. The molecule has 117 valence electrons. The second-order valence-electron chi connectivity index (χ2n) is 6.19. The van der Waals surface area contributed by atoms with E-state index in [-0.39, 0.29) is 0 Å². The molecule has 0 saturated carbocycles. The molecule has 0 atom stereocenters. The van der Waals surface area contributed by atoms with Gasteiger partial charge in [-0.15, -0.1) is 0 Å². The molecule has 25 heavy (non-hydrogen) atoms. The number of hydrogen-bond donors (Lipinski definition) is 1. The van der Waals surface area contributed by atoms with Crippen molar-refractivity contribution in [3.8, 4) is 16.9 Å². The highest BCUT2D eigenvalue weighted by molar-refractivity contribution is 6.27. The molecule has 0 heterocycles. The molecule has 0 amide bonds. The second-order valence-corrected chi connectivity index (χ2v) is 6.19. The summed E-state index contributed by atoms with van der Waals surface area (Å²) in [5.74, 6) is 0.662. The summed E-state index contributed by atoms with van der Waals surface area (Å²) in [6.07, 6.45) is 0. The predicted molar refractivity (Wildman–Crippen MR) is 104 cm³/mol. The summed E-state index contributed by atoms with van der Waals surface area (Å²) in [5, 5.41) is 16.1. The van der Waals surface area contributed by atoms with Crippen molar-refractivity contribution < 1.29 is 9.68 Å². The van der Waals surface area contributed by atoms with Crippen LogP contribution in [0.2, 0.25) is 0 Å². The minimum atomic E-state index is 0.662. The summed E-state index contributed by atoms with van der Waals surface area (Å²) < 4.78 is 5.31. The lowest BCUT2D eigenvalue weighted by atomic mass is 9.89. The minimum Gasteiger partial charge on any atom is -0.537 e. The number of hydrogen-bond acceptors (Lipinski definition) is 2. The predicted octanol–water partition coefficient (Wildman–Crippen LogP) is 5.16. The maximum Gasteiger partial charge on any atom is 0.569 e. The Labute approximate surface area is 145 Å². The molecule has 2 nitrogen and oxygen atoms in total. The van der Waals surface area contributed by atoms with E-state index >= 15 is 0 Å². The maximum atomic E-state index is 9.06. The lowest BCUT2D eigenvalue weighted by molar-refractivity contribution is 0.457. The molecule has 0 aliphatic heterocycles. The Morgan fingerprint density at radius 2 is 1.28 bits per heavy atom. The second kappa shape index (κ2) is 5.50. The lowest BCUT2D eigenvalue weighted by Gasteiger charge is -2.16. The van der Waals surface area contributed by atoms with Crippen LogP contribution >= 0.6 is 0 Å². The van der Waals surface area contributed by atoms with Crippen molar-refractivity contribution >= 4 is 40.0 Å². The van der Waals surface area contributed by atoms with Gasteiger partial charge in [0.2, 0.25) is 0 Å². The van der Waals surface area contributed by atoms with E-state index in [0.29, 0.717) is 5.75 Å². The number of benzene rings is 5. The molecular formula is C22H14BO2. The third-order valence-electron chi connectivity index (χ3n) is 4.89. The quantitative estimate of drug-likeness (QED) is 0.367. The first-order valence-corrected chi connectivity index (χ1v) is 8.25. The minimum absolute atomic E-state index is 0.662. The molecule has 0 spiro atoms. The molecule has 0 saturated heterocycles. The van der Waals surface area contributed by atoms with Crippen LogP contribution < -0.4 is 4.65 Å². The van der Waals surface area contributed by atoms with Gasteiger partial charge in [0.25, 0.3) is 0 Å². The van der Waals surface area contributed by atoms with Crippen LogP contribution in [0.4, 0.5) is 0 Å². The zero-order chi connectivity index (χ0) is 16.8. The van der Waals surface area contributed by atoms with Crippen molar-refractivity contribution in [1.82, 2.24) is 0 Å². The molecule has 0 bridgehead atoms. The van der Waals surface area contributed by atoms with Crippen LogP contribution in [0.15, 0.2) is 78.9 Å². The third-order valence-corrected chi connectivity index (χ3v) is 4.89. The summed E-state index contributed by atoms with van der Waals surface area (Å²) in [6, 6.07) is 27.3. The highest BCUT2D eigenvalue weighted by Crippen LogP contribution is 2.41. The number of rotatable bonds is 3. The molecule has 5 rings (SSSR count). The van der Waals surface area contributed by atoms with Crippen molar-refractivity contribution in [2.24, 2.45) is 0 Å². The van der Waals surface area contributed by atoms with Gasteiger partial charge < -0.3 is 9.68 Å². The Hall–Kier alpha value is -3.04. The van der Waals surface area contributed by atoms with E-state index < -0.39 is 0 Å². The van der Waals surface area contributed by atoms with Gasteiger partial charge in [0, 0.05) is 10.8 Å². The van der Waals surface area contributed by atoms with Crippen LogP contribution in [-0.4, -0.2) is 12.7 Å². The van der Waals surface area contributed by atoms with Gasteiger partial charge in [-0.2, -0.15) is 0 Å². The average Bonchev–Trinajstić information content (AvgIpc) is 2.68. The van der Waals surface area contributed by atoms with Crippen molar-refractivity contribution in [1.29, 1.82) is 0 Å². The van der Waals surface area contributed by atoms with Crippen LogP contribution in [0.3, 0.4) is 0 Å². The Morgan fingerprint density at radius 1 is 0.640 bits per heavy atom. The fraction of sp³-hybridized carbons (Fsp3) is 0. The van der Waals surface area contributed by atoms with E-state index in [0.717, 1.165) is 13.1 Å². The molecule has 0 aliphatic carbocycles. The van der Waals surface area contributed by atoms with Crippen LogP contribution in [0.5, 0.6) is 5.75 Å². The van der Waals surface area contributed by atoms with Gasteiger partial charge in [-0.25, -0.2) is 0 Å². The summed E-state index contributed by atoms with van der Waals surface area (Å²) in [4.78, 5) is 0. The fourth-order valence-electron chi connectivity index (χ4n) is 3.80. The Kier molecular flexibility index (Phi) is 3.15. The summed E-state index contributed by atoms with van der Waals surface area (Å²) in [5.41, 5.74) is 2.43. The zero-order valence-electron chi connectivity index (χ0n) is 13.4. The van der Waals surface area contributed by atoms with E-state index in [1.165, 1.54) is 38.1 Å². The smallest absolute Gasteiger partial charge is 0.537 e. The van der Waals surface area contributed by atoms with Gasteiger partial charge in [0.05, 0.1) is 0 Å². The van der Waals surface area contributed by atoms with E-state index in [2.05, 4.69) is 60.7 Å². The fourth-order valence-corrected chi connectivity index (χ4v) is 3.80. The van der Waals surface area contributed by atoms with Crippen molar-refractivity contribution in [3.63, 3.8) is 0 Å². The van der Waals surface area contributed by atoms with Crippen molar-refractivity contribution in [3.05, 3.63) is 78.9 Å². The molecule has 5 aromatic carbocycles. The van der Waals surface area contributed by atoms with E-state index in [9.17, 15) is 0 Å². The van der Waals surface area contributed by atoms with Crippen LogP contribution in [-0.2, 0) is 0 Å². The first-order valence-electron chi connectivity index (χ1n) is 8.25. The normalized spacial score (nSPS) is 11.4. The van der Waals surface area contributed by atoms with Crippen LogP contribution in [0.25, 0.3) is 43.4 Å². The maximum absolute atomic E-state index is 9.06. The first-order chi connectivity index (χ1) is 12.4. The molecule has 0 unspecified atom stereocenters. The van der Waals surface area contributed by atoms with E-state index in [1.54, 1.807) is 0 Å². The summed E-state index contributed by atoms with van der Waals surface area (Å²) in [7, 11) is 0.738. The highest BCUT2D eigenvalue weighted by atomic mass is 16.5. The van der Waals surface area contributed by atoms with E-state index in [4.69, 9.17) is 9.68 Å². The Balaban J connectivity index is 1.94. The molecule has 0 fully saturated rings. The van der Waals surface area contributed by atoms with Crippen LogP contribution in [0, 0.1) is 0 Å². The molecule has 5 aromatic rings. The zero-order valence-corrected chi connectivity index (χ0v) is 13.4. The molecular weight excluding hydrogens is 307 g/mol. The monoisotopic (exact) mass is 321 g/mol. The van der Waals surface area contributed by atoms with Gasteiger partial charge in [-0.05, 0) is 38.7 Å². The molecule has 0 aromatic heterocycles.